The van der Waals surface area contributed by atoms with Gasteiger partial charge in [-0.3, -0.25) is 18.8 Å². The molecule has 0 aliphatic rings. The monoisotopic (exact) mass is 295 g/mol. The van der Waals surface area contributed by atoms with Gasteiger partial charge in [0.1, 0.15) is 12.1 Å². The van der Waals surface area contributed by atoms with Gasteiger partial charge in [0.25, 0.3) is 5.56 Å². The molecule has 0 saturated heterocycles. The summed E-state index contributed by atoms with van der Waals surface area (Å²) in [4.78, 5) is 39.8. The number of carbonyl (C=O) groups is 2. The van der Waals surface area contributed by atoms with E-state index in [0.717, 1.165) is 0 Å². The molecule has 20 heavy (non-hydrogen) atoms. The Kier molecular flexibility index (Phi) is 4.14. The summed E-state index contributed by atoms with van der Waals surface area (Å²) in [5.74, 6) is -1.23. The highest BCUT2D eigenvalue weighted by Crippen LogP contribution is 2.12. The topological polar surface area (TPSA) is 89.8 Å². The molecule has 7 nitrogen and oxygen atoms in total. The molecule has 0 fully saturated rings. The lowest BCUT2D eigenvalue weighted by Crippen LogP contribution is -2.25. The van der Waals surface area contributed by atoms with E-state index in [1.54, 1.807) is 25.4 Å². The van der Waals surface area contributed by atoms with Crippen LogP contribution < -0.4 is 10.9 Å². The van der Waals surface area contributed by atoms with Crippen LogP contribution in [0.4, 0.5) is 5.69 Å². The molecule has 0 aromatic carbocycles. The van der Waals surface area contributed by atoms with Crippen molar-refractivity contribution >= 4 is 33.9 Å². The van der Waals surface area contributed by atoms with Crippen LogP contribution in [-0.2, 0) is 14.3 Å². The Morgan fingerprint density at radius 2 is 2.25 bits per heavy atom. The summed E-state index contributed by atoms with van der Waals surface area (Å²) in [6.45, 7) is 3.48. The van der Waals surface area contributed by atoms with Crippen LogP contribution in [-0.4, -0.2) is 27.9 Å². The van der Waals surface area contributed by atoms with E-state index in [0.29, 0.717) is 10.7 Å². The van der Waals surface area contributed by atoms with Gasteiger partial charge in [-0.1, -0.05) is 0 Å². The summed E-state index contributed by atoms with van der Waals surface area (Å²) >= 11 is 1.33. The highest BCUT2D eigenvalue weighted by Gasteiger charge is 2.16. The number of rotatable bonds is 4. The number of fused-ring (bicyclic) bond motifs is 1. The van der Waals surface area contributed by atoms with Gasteiger partial charge in [-0.25, -0.2) is 4.98 Å². The van der Waals surface area contributed by atoms with Crippen molar-refractivity contribution < 1.29 is 14.3 Å². The number of carbonyl (C=O) groups excluding carboxylic acids is 2. The average Bonchev–Trinajstić information content (AvgIpc) is 2.82. The second kappa shape index (κ2) is 5.83. The number of esters is 1. The van der Waals surface area contributed by atoms with Crippen LogP contribution in [0.25, 0.3) is 4.96 Å². The molecule has 0 unspecified atom stereocenters. The van der Waals surface area contributed by atoms with Gasteiger partial charge in [-0.15, -0.1) is 11.3 Å². The van der Waals surface area contributed by atoms with Crippen molar-refractivity contribution in [2.45, 2.75) is 20.3 Å². The molecule has 2 aromatic rings. The molecule has 0 spiro atoms. The Hall–Kier alpha value is -2.22. The molecule has 0 saturated carbocycles. The molecule has 0 aliphatic carbocycles. The van der Waals surface area contributed by atoms with Crippen molar-refractivity contribution in [1.82, 2.24) is 9.38 Å². The van der Waals surface area contributed by atoms with E-state index in [4.69, 9.17) is 0 Å². The molecule has 2 rings (SSSR count). The smallest absolute Gasteiger partial charge is 0.315 e. The number of hydrogen-bond acceptors (Lipinski definition) is 6. The molecule has 0 aliphatic heterocycles. The zero-order valence-electron chi connectivity index (χ0n) is 11.0. The van der Waals surface area contributed by atoms with Crippen molar-refractivity contribution in [3.8, 4) is 0 Å². The predicted octanol–water partition coefficient (Wildman–Crippen LogP) is 0.956. The molecule has 1 N–H and O–H groups in total. The predicted molar refractivity (Wildman–Crippen MR) is 74.0 cm³/mol. The fourth-order valence-electron chi connectivity index (χ4n) is 1.65. The normalized spacial score (nSPS) is 10.5. The van der Waals surface area contributed by atoms with Gasteiger partial charge in [0.15, 0.2) is 4.96 Å². The van der Waals surface area contributed by atoms with Crippen LogP contribution in [0.5, 0.6) is 0 Å². The summed E-state index contributed by atoms with van der Waals surface area (Å²) in [5, 5.41) is 4.15. The number of amides is 1. The van der Waals surface area contributed by atoms with E-state index >= 15 is 0 Å². The first-order chi connectivity index (χ1) is 9.52. The Morgan fingerprint density at radius 1 is 1.50 bits per heavy atom. The van der Waals surface area contributed by atoms with Crippen molar-refractivity contribution in [2.75, 3.05) is 11.9 Å². The number of aryl methyl sites for hydroxylation is 1. The van der Waals surface area contributed by atoms with Gasteiger partial charge in [0.05, 0.1) is 12.3 Å². The SMILES string of the molecule is CCOC(=O)CC(=O)Nc1c(C)nc2sccn2c1=O. The Balaban J connectivity index is 2.23. The number of hydrogen-bond donors (Lipinski definition) is 1. The summed E-state index contributed by atoms with van der Waals surface area (Å²) in [7, 11) is 0. The minimum Gasteiger partial charge on any atom is -0.466 e. The van der Waals surface area contributed by atoms with E-state index in [1.807, 2.05) is 0 Å². The van der Waals surface area contributed by atoms with E-state index in [9.17, 15) is 14.4 Å². The van der Waals surface area contributed by atoms with Crippen LogP contribution in [0.15, 0.2) is 16.4 Å². The minimum atomic E-state index is -0.632. The average molecular weight is 295 g/mol. The van der Waals surface area contributed by atoms with Gasteiger partial charge in [-0.05, 0) is 13.8 Å². The molecule has 2 aromatic heterocycles. The van der Waals surface area contributed by atoms with Crippen molar-refractivity contribution in [3.63, 3.8) is 0 Å². The minimum absolute atomic E-state index is 0.0789. The number of thiazole rings is 1. The van der Waals surface area contributed by atoms with Crippen LogP contribution in [0.2, 0.25) is 0 Å². The van der Waals surface area contributed by atoms with Crippen LogP contribution in [0.3, 0.4) is 0 Å². The summed E-state index contributed by atoms with van der Waals surface area (Å²) in [6.07, 6.45) is 1.15. The Bertz CT molecular complexity index is 719. The van der Waals surface area contributed by atoms with E-state index < -0.39 is 18.3 Å². The number of aromatic nitrogens is 2. The lowest BCUT2D eigenvalue weighted by Gasteiger charge is -2.07. The Morgan fingerprint density at radius 3 is 2.95 bits per heavy atom. The zero-order chi connectivity index (χ0) is 14.7. The van der Waals surface area contributed by atoms with E-state index in [2.05, 4.69) is 15.0 Å². The number of ether oxygens (including phenoxy) is 1. The van der Waals surface area contributed by atoms with Crippen LogP contribution in [0.1, 0.15) is 19.0 Å². The molecule has 0 atom stereocenters. The maximum absolute atomic E-state index is 12.2. The van der Waals surface area contributed by atoms with Gasteiger partial charge in [0, 0.05) is 11.6 Å². The first-order valence-corrected chi connectivity index (χ1v) is 6.82. The first-order valence-electron chi connectivity index (χ1n) is 5.95. The second-order valence-corrected chi connectivity index (χ2v) is 4.84. The number of nitrogens with one attached hydrogen (secondary N) is 1. The molecule has 106 valence electrons. The van der Waals surface area contributed by atoms with Crippen molar-refractivity contribution in [3.05, 3.63) is 27.6 Å². The molecule has 0 bridgehead atoms. The highest BCUT2D eigenvalue weighted by atomic mass is 32.1. The maximum atomic E-state index is 12.2. The standard InChI is InChI=1S/C12H13N3O4S/c1-3-19-9(17)6-8(16)14-10-7(2)13-12-15(11(10)18)4-5-20-12/h4-5H,3,6H2,1-2H3,(H,14,16). The second-order valence-electron chi connectivity index (χ2n) is 3.96. The van der Waals surface area contributed by atoms with Gasteiger partial charge < -0.3 is 10.1 Å². The van der Waals surface area contributed by atoms with Crippen molar-refractivity contribution in [1.29, 1.82) is 0 Å². The van der Waals surface area contributed by atoms with E-state index in [1.165, 1.54) is 15.7 Å². The quantitative estimate of drug-likeness (QED) is 0.670. The van der Waals surface area contributed by atoms with Crippen LogP contribution >= 0.6 is 11.3 Å². The van der Waals surface area contributed by atoms with Gasteiger partial charge >= 0.3 is 5.97 Å². The number of nitrogens with zero attached hydrogens (tertiary/aromatic N) is 2. The molecule has 8 heteroatoms. The van der Waals surface area contributed by atoms with Gasteiger partial charge in [0.2, 0.25) is 5.91 Å². The maximum Gasteiger partial charge on any atom is 0.315 e. The fraction of sp³-hybridized carbons (Fsp3) is 0.333. The number of anilines is 1. The third kappa shape index (κ3) is 2.85. The first kappa shape index (κ1) is 14.2. The molecule has 0 radical (unpaired) electrons. The summed E-state index contributed by atoms with van der Waals surface area (Å²) < 4.78 is 6.02. The third-order valence-electron chi connectivity index (χ3n) is 2.52. The fourth-order valence-corrected chi connectivity index (χ4v) is 2.40. The molecular formula is C12H13N3O4S. The summed E-state index contributed by atoms with van der Waals surface area (Å²) in [5.41, 5.74) is 0.121. The Labute approximate surface area is 118 Å². The molecule has 1 amide bonds. The summed E-state index contributed by atoms with van der Waals surface area (Å²) in [6, 6.07) is 0. The third-order valence-corrected chi connectivity index (χ3v) is 3.28. The highest BCUT2D eigenvalue weighted by molar-refractivity contribution is 7.15. The largest absolute Gasteiger partial charge is 0.466 e. The lowest BCUT2D eigenvalue weighted by atomic mass is 10.3. The zero-order valence-corrected chi connectivity index (χ0v) is 11.8. The molecule has 2 heterocycles. The lowest BCUT2D eigenvalue weighted by molar-refractivity contribution is -0.145. The van der Waals surface area contributed by atoms with E-state index in [-0.39, 0.29) is 17.9 Å². The van der Waals surface area contributed by atoms with Crippen molar-refractivity contribution in [2.24, 2.45) is 0 Å². The van der Waals surface area contributed by atoms with Crippen LogP contribution in [0, 0.1) is 6.92 Å². The molecular weight excluding hydrogens is 282 g/mol. The van der Waals surface area contributed by atoms with Gasteiger partial charge in [-0.2, -0.15) is 0 Å².